The van der Waals surface area contributed by atoms with Crippen LogP contribution in [-0.2, 0) is 6.42 Å². The lowest BCUT2D eigenvalue weighted by Gasteiger charge is -2.28. The number of piperidine rings is 1. The second-order valence-electron chi connectivity index (χ2n) is 5.47. The Labute approximate surface area is 125 Å². The Balaban J connectivity index is 1.60. The average Bonchev–Trinajstić information content (AvgIpc) is 2.98. The maximum Gasteiger partial charge on any atom is 0.229 e. The molecule has 1 aliphatic heterocycles. The lowest BCUT2D eigenvalue weighted by atomic mass is 9.97. The predicted octanol–water partition coefficient (Wildman–Crippen LogP) is 2.47. The molecular weight excluding hydrogens is 262 g/mol. The number of nitrogens with zero attached hydrogens (tertiary/aromatic N) is 3. The van der Waals surface area contributed by atoms with Crippen LogP contribution in [0.15, 0.2) is 34.9 Å². The second kappa shape index (κ2) is 6.55. The highest BCUT2D eigenvalue weighted by Crippen LogP contribution is 2.26. The van der Waals surface area contributed by atoms with Crippen LogP contribution in [0.5, 0.6) is 0 Å². The Morgan fingerprint density at radius 1 is 1.24 bits per heavy atom. The first-order valence-electron chi connectivity index (χ1n) is 7.37. The number of aromatic nitrogens is 2. The van der Waals surface area contributed by atoms with Gasteiger partial charge in [-0.15, -0.1) is 6.42 Å². The van der Waals surface area contributed by atoms with E-state index in [2.05, 4.69) is 33.1 Å². The molecule has 4 heteroatoms. The van der Waals surface area contributed by atoms with Crippen molar-refractivity contribution >= 4 is 0 Å². The number of hydrogen-bond donors (Lipinski definition) is 0. The van der Waals surface area contributed by atoms with Crippen LogP contribution in [0.1, 0.15) is 36.0 Å². The number of likely N-dealkylation sites (tertiary alicyclic amines) is 1. The van der Waals surface area contributed by atoms with Crippen molar-refractivity contribution in [3.05, 3.63) is 47.6 Å². The van der Waals surface area contributed by atoms with Gasteiger partial charge in [-0.05, 0) is 31.5 Å². The topological polar surface area (TPSA) is 42.2 Å². The van der Waals surface area contributed by atoms with Crippen LogP contribution in [-0.4, -0.2) is 34.7 Å². The maximum atomic E-state index is 5.45. The first-order valence-corrected chi connectivity index (χ1v) is 7.37. The van der Waals surface area contributed by atoms with Crippen molar-refractivity contribution in [1.29, 1.82) is 0 Å². The zero-order valence-corrected chi connectivity index (χ0v) is 12.0. The quantitative estimate of drug-likeness (QED) is 0.807. The van der Waals surface area contributed by atoms with E-state index in [1.54, 1.807) is 0 Å². The molecule has 1 saturated heterocycles. The van der Waals surface area contributed by atoms with Gasteiger partial charge in [0.25, 0.3) is 0 Å². The molecule has 4 nitrogen and oxygen atoms in total. The second-order valence-corrected chi connectivity index (χ2v) is 5.47. The van der Waals surface area contributed by atoms with E-state index < -0.39 is 0 Å². The van der Waals surface area contributed by atoms with Crippen LogP contribution < -0.4 is 0 Å². The molecule has 2 heterocycles. The van der Waals surface area contributed by atoms with Gasteiger partial charge in [0.1, 0.15) is 0 Å². The Morgan fingerprint density at radius 2 is 2.00 bits per heavy atom. The van der Waals surface area contributed by atoms with Crippen LogP contribution in [0.25, 0.3) is 0 Å². The lowest BCUT2D eigenvalue weighted by Crippen LogP contribution is -2.33. The Morgan fingerprint density at radius 3 is 2.71 bits per heavy atom. The van der Waals surface area contributed by atoms with Crippen molar-refractivity contribution in [2.75, 3.05) is 19.6 Å². The van der Waals surface area contributed by atoms with Crippen LogP contribution in [0.2, 0.25) is 0 Å². The summed E-state index contributed by atoms with van der Waals surface area (Å²) in [5, 5.41) is 4.11. The molecule has 21 heavy (non-hydrogen) atoms. The average molecular weight is 281 g/mol. The van der Waals surface area contributed by atoms with Crippen molar-refractivity contribution in [2.45, 2.75) is 25.2 Å². The van der Waals surface area contributed by atoms with E-state index in [0.717, 1.165) is 50.6 Å². The molecule has 0 spiro atoms. The zero-order chi connectivity index (χ0) is 14.5. The molecule has 108 valence electrons. The fourth-order valence-corrected chi connectivity index (χ4v) is 2.75. The minimum atomic E-state index is 0.371. The molecule has 1 aromatic heterocycles. The largest absolute Gasteiger partial charge is 0.339 e. The van der Waals surface area contributed by atoms with E-state index in [4.69, 9.17) is 10.9 Å². The summed E-state index contributed by atoms with van der Waals surface area (Å²) < 4.78 is 5.45. The first kappa shape index (κ1) is 13.8. The fourth-order valence-electron chi connectivity index (χ4n) is 2.75. The predicted molar refractivity (Wildman–Crippen MR) is 80.8 cm³/mol. The SMILES string of the molecule is C#CCN1CCC(c2nc(Cc3ccccc3)no2)CC1. The molecule has 1 aromatic carbocycles. The van der Waals surface area contributed by atoms with E-state index in [9.17, 15) is 0 Å². The highest BCUT2D eigenvalue weighted by atomic mass is 16.5. The number of rotatable bonds is 4. The van der Waals surface area contributed by atoms with E-state index in [1.807, 2.05) is 18.2 Å². The van der Waals surface area contributed by atoms with Crippen molar-refractivity contribution in [3.8, 4) is 12.3 Å². The minimum Gasteiger partial charge on any atom is -0.339 e. The zero-order valence-electron chi connectivity index (χ0n) is 12.0. The summed E-state index contributed by atoms with van der Waals surface area (Å²) in [5.41, 5.74) is 1.20. The van der Waals surface area contributed by atoms with Gasteiger partial charge >= 0.3 is 0 Å². The molecule has 0 saturated carbocycles. The normalized spacial score (nSPS) is 16.7. The van der Waals surface area contributed by atoms with E-state index in [-0.39, 0.29) is 0 Å². The summed E-state index contributed by atoms with van der Waals surface area (Å²) >= 11 is 0. The molecule has 0 atom stereocenters. The van der Waals surface area contributed by atoms with Crippen molar-refractivity contribution in [1.82, 2.24) is 15.0 Å². The van der Waals surface area contributed by atoms with Crippen LogP contribution in [0.3, 0.4) is 0 Å². The van der Waals surface area contributed by atoms with E-state index in [0.29, 0.717) is 5.92 Å². The van der Waals surface area contributed by atoms with Gasteiger partial charge in [-0.1, -0.05) is 41.4 Å². The summed E-state index contributed by atoms with van der Waals surface area (Å²) in [6, 6.07) is 10.2. The summed E-state index contributed by atoms with van der Waals surface area (Å²) in [5.74, 6) is 4.61. The molecule has 0 N–H and O–H groups in total. The number of hydrogen-bond acceptors (Lipinski definition) is 4. The molecule has 0 bridgehead atoms. The van der Waals surface area contributed by atoms with Gasteiger partial charge in [-0.25, -0.2) is 0 Å². The highest BCUT2D eigenvalue weighted by Gasteiger charge is 2.24. The molecule has 0 aliphatic carbocycles. The van der Waals surface area contributed by atoms with E-state index >= 15 is 0 Å². The van der Waals surface area contributed by atoms with Crippen molar-refractivity contribution in [3.63, 3.8) is 0 Å². The lowest BCUT2D eigenvalue weighted by molar-refractivity contribution is 0.212. The molecule has 1 fully saturated rings. The molecule has 0 amide bonds. The van der Waals surface area contributed by atoms with Gasteiger partial charge in [-0.3, -0.25) is 4.90 Å². The maximum absolute atomic E-state index is 5.45. The summed E-state index contributed by atoms with van der Waals surface area (Å²) in [4.78, 5) is 6.85. The first-order chi connectivity index (χ1) is 10.3. The monoisotopic (exact) mass is 281 g/mol. The fraction of sp³-hybridized carbons (Fsp3) is 0.412. The third-order valence-corrected chi connectivity index (χ3v) is 3.94. The molecule has 0 radical (unpaired) electrons. The van der Waals surface area contributed by atoms with Crippen LogP contribution in [0.4, 0.5) is 0 Å². The molecule has 3 rings (SSSR count). The van der Waals surface area contributed by atoms with E-state index in [1.165, 1.54) is 5.56 Å². The minimum absolute atomic E-state index is 0.371. The Kier molecular flexibility index (Phi) is 4.32. The highest BCUT2D eigenvalue weighted by molar-refractivity contribution is 5.18. The van der Waals surface area contributed by atoms with Gasteiger partial charge < -0.3 is 4.52 Å². The van der Waals surface area contributed by atoms with Crippen molar-refractivity contribution < 1.29 is 4.52 Å². The number of terminal acetylenes is 1. The molecule has 0 unspecified atom stereocenters. The van der Waals surface area contributed by atoms with Gasteiger partial charge in [0.05, 0.1) is 6.54 Å². The van der Waals surface area contributed by atoms with Gasteiger partial charge in [0, 0.05) is 12.3 Å². The third kappa shape index (κ3) is 3.50. The molecule has 2 aromatic rings. The summed E-state index contributed by atoms with van der Waals surface area (Å²) in [6.07, 6.45) is 8.14. The van der Waals surface area contributed by atoms with Crippen LogP contribution >= 0.6 is 0 Å². The summed E-state index contributed by atoms with van der Waals surface area (Å²) in [6.45, 7) is 2.74. The molecule has 1 aliphatic rings. The van der Waals surface area contributed by atoms with Gasteiger partial charge in [0.15, 0.2) is 5.82 Å². The Hall–Kier alpha value is -2.12. The molecular formula is C17H19N3O. The Bertz CT molecular complexity index is 606. The summed E-state index contributed by atoms with van der Waals surface area (Å²) in [7, 11) is 0. The van der Waals surface area contributed by atoms with Gasteiger partial charge in [-0.2, -0.15) is 4.98 Å². The third-order valence-electron chi connectivity index (χ3n) is 3.94. The number of benzene rings is 1. The smallest absolute Gasteiger partial charge is 0.229 e. The standard InChI is InChI=1S/C17H19N3O/c1-2-10-20-11-8-15(9-12-20)17-18-16(19-21-17)13-14-6-4-3-5-7-14/h1,3-7,15H,8-13H2. The van der Waals surface area contributed by atoms with Crippen molar-refractivity contribution in [2.24, 2.45) is 0 Å². The van der Waals surface area contributed by atoms with Crippen LogP contribution in [0, 0.1) is 12.3 Å². The van der Waals surface area contributed by atoms with Gasteiger partial charge in [0.2, 0.25) is 5.89 Å².